The lowest BCUT2D eigenvalue weighted by Crippen LogP contribution is -2.32. The third-order valence-electron chi connectivity index (χ3n) is 4.49. The second-order valence-electron chi connectivity index (χ2n) is 6.39. The molecule has 0 aliphatic rings. The first kappa shape index (κ1) is 18.6. The number of rotatable bonds is 6. The number of carbonyl (C=O) groups excluding carboxylic acids is 2. The molecule has 1 atom stereocenters. The van der Waals surface area contributed by atoms with E-state index in [-0.39, 0.29) is 17.9 Å². The van der Waals surface area contributed by atoms with Crippen LogP contribution in [-0.4, -0.2) is 32.9 Å². The van der Waals surface area contributed by atoms with E-state index in [1.165, 1.54) is 0 Å². The Hall–Kier alpha value is -3.22. The van der Waals surface area contributed by atoms with Crippen molar-refractivity contribution in [3.8, 4) is 0 Å². The van der Waals surface area contributed by atoms with Gasteiger partial charge in [-0.2, -0.15) is 0 Å². The third-order valence-corrected chi connectivity index (χ3v) is 4.49. The van der Waals surface area contributed by atoms with Crippen molar-refractivity contribution in [1.29, 1.82) is 0 Å². The summed E-state index contributed by atoms with van der Waals surface area (Å²) in [5.74, 6) is -0.506. The van der Waals surface area contributed by atoms with Gasteiger partial charge < -0.3 is 10.6 Å². The molecule has 0 fully saturated rings. The maximum Gasteiger partial charge on any atom is 0.255 e. The summed E-state index contributed by atoms with van der Waals surface area (Å²) in [4.78, 5) is 25.2. The number of nitrogens with zero attached hydrogens (tertiary/aromatic N) is 3. The molecule has 0 radical (unpaired) electrons. The molecule has 1 aromatic heterocycles. The maximum absolute atomic E-state index is 12.7. The topological polar surface area (TPSA) is 88.9 Å². The molecule has 0 bridgehead atoms. The summed E-state index contributed by atoms with van der Waals surface area (Å²) in [5, 5.41) is 13.9. The van der Waals surface area contributed by atoms with Crippen molar-refractivity contribution in [2.75, 3.05) is 5.32 Å². The van der Waals surface area contributed by atoms with E-state index in [4.69, 9.17) is 0 Å². The molecular formula is C20H23N5O2. The molecule has 0 spiro atoms. The van der Waals surface area contributed by atoms with E-state index in [0.29, 0.717) is 28.9 Å². The van der Waals surface area contributed by atoms with Crippen molar-refractivity contribution in [1.82, 2.24) is 20.3 Å². The number of hydrogen-bond acceptors (Lipinski definition) is 4. The predicted octanol–water partition coefficient (Wildman–Crippen LogP) is 3.23. The quantitative estimate of drug-likeness (QED) is 0.702. The molecule has 140 valence electrons. The molecular weight excluding hydrogens is 342 g/mol. The van der Waals surface area contributed by atoms with Gasteiger partial charge in [-0.05, 0) is 50.6 Å². The average molecular weight is 365 g/mol. The van der Waals surface area contributed by atoms with Crippen LogP contribution in [0.5, 0.6) is 0 Å². The molecule has 7 heteroatoms. The van der Waals surface area contributed by atoms with Crippen LogP contribution in [0.4, 0.5) is 5.69 Å². The summed E-state index contributed by atoms with van der Waals surface area (Å²) in [5.41, 5.74) is 2.90. The van der Waals surface area contributed by atoms with Crippen LogP contribution >= 0.6 is 0 Å². The molecule has 0 saturated heterocycles. The molecule has 27 heavy (non-hydrogen) atoms. The normalized spacial score (nSPS) is 12.0. The Morgan fingerprint density at radius 3 is 2.63 bits per heavy atom. The minimum Gasteiger partial charge on any atom is -0.350 e. The van der Waals surface area contributed by atoms with E-state index in [0.717, 1.165) is 11.9 Å². The van der Waals surface area contributed by atoms with Crippen LogP contribution in [-0.2, 0) is 6.54 Å². The maximum atomic E-state index is 12.7. The van der Waals surface area contributed by atoms with E-state index in [1.807, 2.05) is 26.8 Å². The lowest BCUT2D eigenvalue weighted by atomic mass is 10.1. The van der Waals surface area contributed by atoms with Gasteiger partial charge in [0.25, 0.3) is 11.8 Å². The Morgan fingerprint density at radius 1 is 1.11 bits per heavy atom. The minimum absolute atomic E-state index is 0.0600. The zero-order chi connectivity index (χ0) is 19.4. The van der Waals surface area contributed by atoms with Crippen molar-refractivity contribution in [3.63, 3.8) is 0 Å². The first-order chi connectivity index (χ1) is 13.0. The second-order valence-corrected chi connectivity index (χ2v) is 6.39. The second kappa shape index (κ2) is 7.99. The molecule has 2 aromatic carbocycles. The van der Waals surface area contributed by atoms with Gasteiger partial charge in [0, 0.05) is 18.2 Å². The summed E-state index contributed by atoms with van der Waals surface area (Å²) in [6, 6.07) is 12.3. The lowest BCUT2D eigenvalue weighted by Gasteiger charge is -2.14. The van der Waals surface area contributed by atoms with E-state index < -0.39 is 0 Å². The summed E-state index contributed by atoms with van der Waals surface area (Å²) >= 11 is 0. The number of anilines is 1. The van der Waals surface area contributed by atoms with Crippen LogP contribution in [0.1, 0.15) is 47.9 Å². The Bertz CT molecular complexity index is 979. The first-order valence-electron chi connectivity index (χ1n) is 9.08. The Balaban J connectivity index is 1.83. The van der Waals surface area contributed by atoms with Crippen molar-refractivity contribution >= 4 is 28.5 Å². The van der Waals surface area contributed by atoms with E-state index in [9.17, 15) is 9.59 Å². The molecule has 7 nitrogen and oxygen atoms in total. The smallest absolute Gasteiger partial charge is 0.255 e. The van der Waals surface area contributed by atoms with Gasteiger partial charge in [-0.25, -0.2) is 4.68 Å². The van der Waals surface area contributed by atoms with Crippen LogP contribution in [0.15, 0.2) is 42.5 Å². The zero-order valence-electron chi connectivity index (χ0n) is 15.7. The number of para-hydroxylation sites is 1. The highest BCUT2D eigenvalue weighted by Crippen LogP contribution is 2.18. The van der Waals surface area contributed by atoms with Crippen molar-refractivity contribution in [2.24, 2.45) is 0 Å². The molecule has 0 saturated carbocycles. The van der Waals surface area contributed by atoms with Crippen LogP contribution in [0, 0.1) is 0 Å². The molecule has 1 unspecified atom stereocenters. The third kappa shape index (κ3) is 3.97. The van der Waals surface area contributed by atoms with Gasteiger partial charge in [-0.1, -0.05) is 24.3 Å². The van der Waals surface area contributed by atoms with Crippen LogP contribution in [0.3, 0.4) is 0 Å². The van der Waals surface area contributed by atoms with E-state index in [2.05, 4.69) is 20.9 Å². The van der Waals surface area contributed by atoms with Crippen molar-refractivity contribution < 1.29 is 9.59 Å². The molecule has 0 aliphatic carbocycles. The van der Waals surface area contributed by atoms with Gasteiger partial charge in [0.15, 0.2) is 0 Å². The molecule has 3 rings (SSSR count). The molecule has 0 aliphatic heterocycles. The Labute approximate surface area is 157 Å². The average Bonchev–Trinajstić information content (AvgIpc) is 3.10. The fraction of sp³-hybridized carbons (Fsp3) is 0.300. The monoisotopic (exact) mass is 365 g/mol. The Kier molecular flexibility index (Phi) is 5.49. The highest BCUT2D eigenvalue weighted by molar-refractivity contribution is 6.09. The zero-order valence-corrected chi connectivity index (χ0v) is 15.7. The number of benzene rings is 2. The largest absolute Gasteiger partial charge is 0.350 e. The Morgan fingerprint density at radius 2 is 1.89 bits per heavy atom. The molecule has 1 heterocycles. The fourth-order valence-electron chi connectivity index (χ4n) is 2.74. The van der Waals surface area contributed by atoms with Crippen LogP contribution in [0.25, 0.3) is 11.0 Å². The van der Waals surface area contributed by atoms with Gasteiger partial charge in [0.05, 0.1) is 16.8 Å². The highest BCUT2D eigenvalue weighted by atomic mass is 16.2. The summed E-state index contributed by atoms with van der Waals surface area (Å²) in [7, 11) is 0. The standard InChI is InChI=1S/C20H23N5O2/c1-4-13(3)21-20(27)15-8-6-7-9-16(15)22-19(26)14-10-11-18-17(12-14)23-24-25(18)5-2/h6-13H,4-5H2,1-3H3,(H,21,27)(H,22,26). The summed E-state index contributed by atoms with van der Waals surface area (Å²) in [6.07, 6.45) is 0.832. The SMILES string of the molecule is CCC(C)NC(=O)c1ccccc1NC(=O)c1ccc2c(c1)nnn2CC. The van der Waals surface area contributed by atoms with Gasteiger partial charge in [-0.3, -0.25) is 9.59 Å². The number of carbonyl (C=O) groups is 2. The highest BCUT2D eigenvalue weighted by Gasteiger charge is 2.16. The lowest BCUT2D eigenvalue weighted by molar-refractivity contribution is 0.0940. The van der Waals surface area contributed by atoms with Crippen LogP contribution in [0.2, 0.25) is 0 Å². The predicted molar refractivity (Wildman–Crippen MR) is 105 cm³/mol. The summed E-state index contributed by atoms with van der Waals surface area (Å²) in [6.45, 7) is 6.64. The van der Waals surface area contributed by atoms with Crippen LogP contribution < -0.4 is 10.6 Å². The number of fused-ring (bicyclic) bond motifs is 1. The van der Waals surface area contributed by atoms with Crippen molar-refractivity contribution in [2.45, 2.75) is 39.8 Å². The van der Waals surface area contributed by atoms with E-state index >= 15 is 0 Å². The number of aromatic nitrogens is 3. The molecule has 3 aromatic rings. The fourth-order valence-corrected chi connectivity index (χ4v) is 2.74. The number of hydrogen-bond donors (Lipinski definition) is 2. The number of amides is 2. The van der Waals surface area contributed by atoms with E-state index in [1.54, 1.807) is 41.1 Å². The minimum atomic E-state index is -0.299. The molecule has 2 N–H and O–H groups in total. The van der Waals surface area contributed by atoms with Gasteiger partial charge in [-0.15, -0.1) is 5.10 Å². The first-order valence-corrected chi connectivity index (χ1v) is 9.08. The number of aryl methyl sites for hydroxylation is 1. The summed E-state index contributed by atoms with van der Waals surface area (Å²) < 4.78 is 1.77. The van der Waals surface area contributed by atoms with Gasteiger partial charge in [0.2, 0.25) is 0 Å². The van der Waals surface area contributed by atoms with Gasteiger partial charge in [0.1, 0.15) is 5.52 Å². The van der Waals surface area contributed by atoms with Gasteiger partial charge >= 0.3 is 0 Å². The molecule has 2 amide bonds. The van der Waals surface area contributed by atoms with Crippen molar-refractivity contribution in [3.05, 3.63) is 53.6 Å². The number of nitrogens with one attached hydrogen (secondary N) is 2.